The van der Waals surface area contributed by atoms with Crippen LogP contribution in [0.1, 0.15) is 233 Å². The molecule has 1 unspecified atom stereocenters. The van der Waals surface area contributed by atoms with Gasteiger partial charge in [0.1, 0.15) is 5.41 Å². The molecule has 0 radical (unpaired) electrons. The summed E-state index contributed by atoms with van der Waals surface area (Å²) in [6, 6.07) is 0. The highest BCUT2D eigenvalue weighted by Gasteiger charge is 2.63. The third kappa shape index (κ3) is 22.0. The average Bonchev–Trinajstić information content (AvgIpc) is 3.07. The summed E-state index contributed by atoms with van der Waals surface area (Å²) in [4.78, 5) is 38.7. The van der Waals surface area contributed by atoms with E-state index in [-0.39, 0.29) is 19.4 Å². The lowest BCUT2D eigenvalue weighted by Crippen LogP contribution is -2.61. The lowest BCUT2D eigenvalue weighted by atomic mass is 9.63. The molecule has 0 aliphatic rings. The van der Waals surface area contributed by atoms with E-state index in [0.717, 1.165) is 70.6 Å². The van der Waals surface area contributed by atoms with E-state index >= 15 is 0 Å². The lowest BCUT2D eigenvalue weighted by Gasteiger charge is -2.44. The van der Waals surface area contributed by atoms with E-state index in [1.165, 1.54) is 103 Å². The van der Waals surface area contributed by atoms with Gasteiger partial charge in [0.15, 0.2) is 5.60 Å². The van der Waals surface area contributed by atoms with Gasteiger partial charge in [0.2, 0.25) is 0 Å². The van der Waals surface area contributed by atoms with E-state index < -0.39 is 35.3 Å². The summed E-state index contributed by atoms with van der Waals surface area (Å²) in [5.74, 6) is -4.02. The van der Waals surface area contributed by atoms with Crippen LogP contribution in [-0.4, -0.2) is 45.4 Å². The fourth-order valence-corrected chi connectivity index (χ4v) is 7.49. The van der Waals surface area contributed by atoms with Crippen molar-refractivity contribution in [2.45, 2.75) is 238 Å². The SMILES string of the molecule is CCCCCCCCCCCCOC(CC(=O)O)(C(=O)O)C(CCCCCCCCCCCC)(CCCCCCCCCCCC)C(=O)O. The van der Waals surface area contributed by atoms with Crippen LogP contribution in [0.15, 0.2) is 0 Å². The van der Waals surface area contributed by atoms with E-state index in [0.29, 0.717) is 19.3 Å². The second-order valence-corrected chi connectivity index (χ2v) is 15.0. The number of ether oxygens (including phenoxy) is 1. The number of aliphatic carboxylic acids is 3. The summed E-state index contributed by atoms with van der Waals surface area (Å²) in [5, 5.41) is 31.5. The first-order valence-corrected chi connectivity index (χ1v) is 21.1. The molecular weight excluding hydrogens is 616 g/mol. The Hall–Kier alpha value is -1.63. The van der Waals surface area contributed by atoms with Crippen molar-refractivity contribution in [1.29, 1.82) is 0 Å². The van der Waals surface area contributed by atoms with Crippen LogP contribution in [0.25, 0.3) is 0 Å². The predicted octanol–water partition coefficient (Wildman–Crippen LogP) is 12.9. The van der Waals surface area contributed by atoms with Crippen LogP contribution in [0.3, 0.4) is 0 Å². The highest BCUT2D eigenvalue weighted by Crippen LogP contribution is 2.47. The predicted molar refractivity (Wildman–Crippen MR) is 203 cm³/mol. The van der Waals surface area contributed by atoms with Crippen molar-refractivity contribution in [3.63, 3.8) is 0 Å². The number of hydrogen-bond acceptors (Lipinski definition) is 4. The first-order chi connectivity index (χ1) is 23.7. The minimum atomic E-state index is -2.30. The highest BCUT2D eigenvalue weighted by atomic mass is 16.5. The molecule has 0 amide bonds. The molecule has 0 aromatic rings. The quantitative estimate of drug-likeness (QED) is 0.0547. The van der Waals surface area contributed by atoms with Crippen molar-refractivity contribution in [2.75, 3.05) is 6.61 Å². The van der Waals surface area contributed by atoms with Crippen LogP contribution in [0.5, 0.6) is 0 Å². The molecule has 7 nitrogen and oxygen atoms in total. The minimum absolute atomic E-state index is 0.0567. The second-order valence-electron chi connectivity index (χ2n) is 15.0. The molecule has 7 heteroatoms. The van der Waals surface area contributed by atoms with Crippen LogP contribution in [-0.2, 0) is 19.1 Å². The first-order valence-electron chi connectivity index (χ1n) is 21.1. The van der Waals surface area contributed by atoms with E-state index in [1.54, 1.807) is 0 Å². The average molecular weight is 697 g/mol. The number of unbranched alkanes of at least 4 members (excludes halogenated alkanes) is 27. The van der Waals surface area contributed by atoms with Gasteiger partial charge in [-0.25, -0.2) is 4.79 Å². The molecule has 0 bridgehead atoms. The lowest BCUT2D eigenvalue weighted by molar-refractivity contribution is -0.208. The van der Waals surface area contributed by atoms with Crippen LogP contribution >= 0.6 is 0 Å². The summed E-state index contributed by atoms with van der Waals surface area (Å²) >= 11 is 0. The molecule has 0 saturated heterocycles. The molecule has 0 aliphatic carbocycles. The van der Waals surface area contributed by atoms with Crippen molar-refractivity contribution in [1.82, 2.24) is 0 Å². The third-order valence-electron chi connectivity index (χ3n) is 10.7. The molecule has 49 heavy (non-hydrogen) atoms. The van der Waals surface area contributed by atoms with Gasteiger partial charge >= 0.3 is 17.9 Å². The summed E-state index contributed by atoms with van der Waals surface area (Å²) in [6.07, 6.45) is 32.1. The molecule has 0 saturated carbocycles. The molecule has 0 rings (SSSR count). The van der Waals surface area contributed by atoms with Crippen molar-refractivity contribution < 1.29 is 34.4 Å². The summed E-state index contributed by atoms with van der Waals surface area (Å²) in [5.41, 5.74) is -4.10. The third-order valence-corrected chi connectivity index (χ3v) is 10.7. The normalized spacial score (nSPS) is 13.0. The van der Waals surface area contributed by atoms with E-state index in [2.05, 4.69) is 20.8 Å². The Morgan fingerprint density at radius 2 is 0.694 bits per heavy atom. The zero-order valence-corrected chi connectivity index (χ0v) is 32.5. The number of carbonyl (C=O) groups is 3. The van der Waals surface area contributed by atoms with Gasteiger partial charge in [0, 0.05) is 6.61 Å². The maximum atomic E-state index is 13.3. The fourth-order valence-electron chi connectivity index (χ4n) is 7.49. The van der Waals surface area contributed by atoms with Gasteiger partial charge in [0.05, 0.1) is 6.42 Å². The molecule has 0 aromatic carbocycles. The van der Waals surface area contributed by atoms with Gasteiger partial charge in [0.25, 0.3) is 0 Å². The largest absolute Gasteiger partial charge is 0.481 e. The number of carboxylic acids is 3. The van der Waals surface area contributed by atoms with Gasteiger partial charge < -0.3 is 20.1 Å². The van der Waals surface area contributed by atoms with Gasteiger partial charge in [-0.2, -0.15) is 0 Å². The van der Waals surface area contributed by atoms with Gasteiger partial charge in [-0.05, 0) is 19.3 Å². The van der Waals surface area contributed by atoms with Gasteiger partial charge in [-0.3, -0.25) is 9.59 Å². The molecular formula is C42H80O7. The Kier molecular flexibility index (Phi) is 31.2. The molecule has 0 spiro atoms. The molecule has 0 aromatic heterocycles. The molecule has 3 N–H and O–H groups in total. The first kappa shape index (κ1) is 47.4. The fraction of sp³-hybridized carbons (Fsp3) is 0.929. The van der Waals surface area contributed by atoms with Crippen LogP contribution in [0, 0.1) is 5.41 Å². The summed E-state index contributed by atoms with van der Waals surface area (Å²) < 4.78 is 6.12. The van der Waals surface area contributed by atoms with Crippen LogP contribution in [0.2, 0.25) is 0 Å². The highest BCUT2D eigenvalue weighted by molar-refractivity contribution is 5.92. The van der Waals surface area contributed by atoms with E-state index in [1.807, 2.05) is 0 Å². The molecule has 0 heterocycles. The van der Waals surface area contributed by atoms with Crippen molar-refractivity contribution in [2.24, 2.45) is 5.41 Å². The summed E-state index contributed by atoms with van der Waals surface area (Å²) in [7, 11) is 0. The number of carboxylic acid groups (broad SMARTS) is 3. The monoisotopic (exact) mass is 697 g/mol. The van der Waals surface area contributed by atoms with Crippen molar-refractivity contribution >= 4 is 17.9 Å². The Morgan fingerprint density at radius 3 is 0.959 bits per heavy atom. The Morgan fingerprint density at radius 1 is 0.408 bits per heavy atom. The Bertz CT molecular complexity index is 774. The molecule has 290 valence electrons. The maximum absolute atomic E-state index is 13.3. The van der Waals surface area contributed by atoms with E-state index in [9.17, 15) is 29.7 Å². The zero-order valence-electron chi connectivity index (χ0n) is 32.5. The topological polar surface area (TPSA) is 121 Å². The number of rotatable bonds is 39. The van der Waals surface area contributed by atoms with Gasteiger partial charge in [-0.15, -0.1) is 0 Å². The standard InChI is InChI=1S/C42H80O7/c1-4-7-10-13-16-19-22-25-28-31-34-41(39(45)46,35-32-29-26-23-20-17-14-11-8-5-2)42(40(47)48,37-38(43)44)49-36-33-30-27-24-21-18-15-12-9-6-3/h4-37H2,1-3H3,(H,43,44)(H,45,46)(H,47,48). The second kappa shape index (κ2) is 32.3. The van der Waals surface area contributed by atoms with Crippen LogP contribution < -0.4 is 0 Å². The minimum Gasteiger partial charge on any atom is -0.481 e. The van der Waals surface area contributed by atoms with Crippen LogP contribution in [0.4, 0.5) is 0 Å². The van der Waals surface area contributed by atoms with Crippen molar-refractivity contribution in [3.8, 4) is 0 Å². The maximum Gasteiger partial charge on any atom is 0.337 e. The summed E-state index contributed by atoms with van der Waals surface area (Å²) in [6.45, 7) is 6.70. The van der Waals surface area contributed by atoms with Gasteiger partial charge in [-0.1, -0.05) is 207 Å². The molecule has 0 aliphatic heterocycles. The molecule has 0 fully saturated rings. The Balaban J connectivity index is 5.51. The number of hydrogen-bond donors (Lipinski definition) is 3. The smallest absolute Gasteiger partial charge is 0.337 e. The molecule has 1 atom stereocenters. The van der Waals surface area contributed by atoms with E-state index in [4.69, 9.17) is 4.74 Å². The zero-order chi connectivity index (χ0) is 36.5. The van der Waals surface area contributed by atoms with Crippen molar-refractivity contribution in [3.05, 3.63) is 0 Å². The Labute approximate surface area is 302 Å².